The van der Waals surface area contributed by atoms with Gasteiger partial charge in [-0.3, -0.25) is 0 Å². The quantitative estimate of drug-likeness (QED) is 0.184. The Bertz CT molecular complexity index is 2980. The van der Waals surface area contributed by atoms with E-state index < -0.39 is 5.41 Å². The van der Waals surface area contributed by atoms with Gasteiger partial charge in [0, 0.05) is 16.7 Å². The Morgan fingerprint density at radius 3 is 1.51 bits per heavy atom. The van der Waals surface area contributed by atoms with Crippen molar-refractivity contribution < 1.29 is 0 Å². The molecule has 11 rings (SSSR count). The first kappa shape index (κ1) is 31.1. The topological polar surface area (TPSA) is 62.5 Å². The predicted molar refractivity (Wildman–Crippen MR) is 220 cm³/mol. The zero-order chi connectivity index (χ0) is 36.5. The van der Waals surface area contributed by atoms with Gasteiger partial charge < -0.3 is 0 Å². The second-order valence-electron chi connectivity index (χ2n) is 14.2. The van der Waals surface area contributed by atoms with Crippen LogP contribution in [0.2, 0.25) is 0 Å². The largest absolute Gasteiger partial charge is 0.208 e. The summed E-state index contributed by atoms with van der Waals surface area (Å²) in [6.45, 7) is 0. The summed E-state index contributed by atoms with van der Waals surface area (Å²) in [5.74, 6) is 1.90. The van der Waals surface area contributed by atoms with E-state index in [4.69, 9.17) is 15.0 Å². The van der Waals surface area contributed by atoms with Gasteiger partial charge in [-0.05, 0) is 84.6 Å². The first-order valence-electron chi connectivity index (χ1n) is 18.5. The van der Waals surface area contributed by atoms with E-state index in [9.17, 15) is 5.26 Å². The van der Waals surface area contributed by atoms with E-state index in [-0.39, 0.29) is 0 Å². The second-order valence-corrected chi connectivity index (χ2v) is 14.2. The molecule has 0 fully saturated rings. The molecule has 0 aliphatic heterocycles. The Kier molecular flexibility index (Phi) is 6.80. The molecule has 1 unspecified atom stereocenters. The van der Waals surface area contributed by atoms with Crippen molar-refractivity contribution in [3.05, 3.63) is 210 Å². The summed E-state index contributed by atoms with van der Waals surface area (Å²) in [7, 11) is 0. The molecule has 1 heterocycles. The van der Waals surface area contributed by atoms with Crippen molar-refractivity contribution in [2.45, 2.75) is 5.41 Å². The Morgan fingerprint density at radius 2 is 0.873 bits per heavy atom. The summed E-state index contributed by atoms with van der Waals surface area (Å²) in [6.07, 6.45) is 0. The van der Waals surface area contributed by atoms with Gasteiger partial charge in [-0.15, -0.1) is 0 Å². The molecule has 0 N–H and O–H groups in total. The molecule has 8 aromatic carbocycles. The molecule has 9 aromatic rings. The van der Waals surface area contributed by atoms with Crippen LogP contribution in [0.4, 0.5) is 0 Å². The Morgan fingerprint density at radius 1 is 0.364 bits per heavy atom. The average Bonchev–Trinajstić information content (AvgIpc) is 3.74. The van der Waals surface area contributed by atoms with Crippen molar-refractivity contribution in [3.63, 3.8) is 0 Å². The Labute approximate surface area is 318 Å². The van der Waals surface area contributed by atoms with Gasteiger partial charge in [-0.25, -0.2) is 15.0 Å². The lowest BCUT2D eigenvalue weighted by molar-refractivity contribution is 0.794. The molecule has 0 radical (unpaired) electrons. The minimum atomic E-state index is -0.600. The highest BCUT2D eigenvalue weighted by molar-refractivity contribution is 6.11. The SMILES string of the molecule is N#Cc1ccc(-c2cccc3c2-c2ccccc2C32c3ccccc3-c3c2cc(-c2nc(-c4ccccc4)nc(-c4ccccc4)n2)c2ccccc32)cc1. The fraction of sp³-hybridized carbons (Fsp3) is 0.0196. The van der Waals surface area contributed by atoms with E-state index in [2.05, 4.69) is 140 Å². The number of fused-ring (bicyclic) bond motifs is 12. The molecule has 0 saturated heterocycles. The molecule has 1 spiro atoms. The highest BCUT2D eigenvalue weighted by atomic mass is 15.0. The molecular formula is C51H30N4. The second kappa shape index (κ2) is 12.0. The third-order valence-corrected chi connectivity index (χ3v) is 11.4. The maximum atomic E-state index is 9.57. The molecule has 1 aromatic heterocycles. The van der Waals surface area contributed by atoms with Crippen LogP contribution in [0.1, 0.15) is 27.8 Å². The minimum Gasteiger partial charge on any atom is -0.208 e. The van der Waals surface area contributed by atoms with E-state index in [1.807, 2.05) is 48.5 Å². The molecule has 2 aliphatic rings. The van der Waals surface area contributed by atoms with Gasteiger partial charge >= 0.3 is 0 Å². The van der Waals surface area contributed by atoms with Gasteiger partial charge in [-0.1, -0.05) is 164 Å². The molecule has 254 valence electrons. The van der Waals surface area contributed by atoms with Crippen LogP contribution >= 0.6 is 0 Å². The lowest BCUT2D eigenvalue weighted by atomic mass is 9.70. The van der Waals surface area contributed by atoms with E-state index in [0.29, 0.717) is 23.0 Å². The first-order chi connectivity index (χ1) is 27.2. The third kappa shape index (κ3) is 4.48. The van der Waals surface area contributed by atoms with Gasteiger partial charge in [0.15, 0.2) is 17.5 Å². The lowest BCUT2D eigenvalue weighted by Crippen LogP contribution is -2.26. The number of hydrogen-bond acceptors (Lipinski definition) is 4. The number of nitrogens with zero attached hydrogens (tertiary/aromatic N) is 4. The van der Waals surface area contributed by atoms with Gasteiger partial charge in [0.05, 0.1) is 17.0 Å². The predicted octanol–water partition coefficient (Wildman–Crippen LogP) is 11.9. The van der Waals surface area contributed by atoms with Crippen LogP contribution in [0, 0.1) is 11.3 Å². The van der Waals surface area contributed by atoms with Crippen molar-refractivity contribution in [2.24, 2.45) is 0 Å². The van der Waals surface area contributed by atoms with E-state index in [1.165, 1.54) is 44.5 Å². The standard InChI is InChI=1S/C51H30N4/c52-31-32-26-28-33(29-27-32)36-22-13-25-44-46(36)39-20-9-11-23-42(39)51(44)43-24-12-10-21-40(43)47-38-19-8-7-18-37(38)41(30-45(47)51)50-54-48(34-14-3-1-4-15-34)53-49(55-50)35-16-5-2-6-17-35/h1-30H. The maximum Gasteiger partial charge on any atom is 0.164 e. The monoisotopic (exact) mass is 698 g/mol. The van der Waals surface area contributed by atoms with E-state index in [0.717, 1.165) is 38.6 Å². The number of rotatable bonds is 4. The van der Waals surface area contributed by atoms with Crippen molar-refractivity contribution >= 4 is 10.8 Å². The fourth-order valence-electron chi connectivity index (χ4n) is 9.12. The number of hydrogen-bond donors (Lipinski definition) is 0. The van der Waals surface area contributed by atoms with Crippen molar-refractivity contribution in [2.75, 3.05) is 0 Å². The van der Waals surface area contributed by atoms with Crippen molar-refractivity contribution in [1.82, 2.24) is 15.0 Å². The highest BCUT2D eigenvalue weighted by Gasteiger charge is 2.52. The van der Waals surface area contributed by atoms with Crippen LogP contribution in [0.5, 0.6) is 0 Å². The van der Waals surface area contributed by atoms with Crippen LogP contribution in [0.25, 0.3) is 78.3 Å². The highest BCUT2D eigenvalue weighted by Crippen LogP contribution is 2.65. The average molecular weight is 699 g/mol. The summed E-state index contributed by atoms with van der Waals surface area (Å²) in [4.78, 5) is 15.5. The molecule has 2 aliphatic carbocycles. The van der Waals surface area contributed by atoms with E-state index in [1.54, 1.807) is 0 Å². The number of aromatic nitrogens is 3. The van der Waals surface area contributed by atoms with Gasteiger partial charge in [0.25, 0.3) is 0 Å². The number of benzene rings is 8. The molecule has 0 amide bonds. The minimum absolute atomic E-state index is 0.600. The van der Waals surface area contributed by atoms with Crippen LogP contribution in [0.3, 0.4) is 0 Å². The maximum absolute atomic E-state index is 9.57. The zero-order valence-corrected chi connectivity index (χ0v) is 29.6. The fourth-order valence-corrected chi connectivity index (χ4v) is 9.12. The molecule has 0 bridgehead atoms. The summed E-state index contributed by atoms with van der Waals surface area (Å²) in [6, 6.07) is 66.2. The summed E-state index contributed by atoms with van der Waals surface area (Å²) >= 11 is 0. The smallest absolute Gasteiger partial charge is 0.164 e. The molecule has 4 heteroatoms. The normalized spacial score (nSPS) is 14.6. The molecule has 1 atom stereocenters. The van der Waals surface area contributed by atoms with Crippen LogP contribution in [0.15, 0.2) is 182 Å². The van der Waals surface area contributed by atoms with Crippen LogP contribution in [-0.4, -0.2) is 15.0 Å². The molecular weight excluding hydrogens is 669 g/mol. The first-order valence-corrected chi connectivity index (χ1v) is 18.5. The summed E-state index contributed by atoms with van der Waals surface area (Å²) in [5.41, 5.74) is 15.0. The molecule has 55 heavy (non-hydrogen) atoms. The van der Waals surface area contributed by atoms with Crippen molar-refractivity contribution in [1.29, 1.82) is 5.26 Å². The Hall–Kier alpha value is -7.48. The van der Waals surface area contributed by atoms with E-state index >= 15 is 0 Å². The molecule has 4 nitrogen and oxygen atoms in total. The zero-order valence-electron chi connectivity index (χ0n) is 29.6. The van der Waals surface area contributed by atoms with Gasteiger partial charge in [-0.2, -0.15) is 5.26 Å². The van der Waals surface area contributed by atoms with Crippen molar-refractivity contribution in [3.8, 4) is 73.6 Å². The number of nitriles is 1. The molecule has 0 saturated carbocycles. The lowest BCUT2D eigenvalue weighted by Gasteiger charge is -2.31. The Balaban J connectivity index is 1.25. The summed E-state index contributed by atoms with van der Waals surface area (Å²) in [5, 5.41) is 11.8. The van der Waals surface area contributed by atoms with Crippen LogP contribution in [-0.2, 0) is 5.41 Å². The summed E-state index contributed by atoms with van der Waals surface area (Å²) < 4.78 is 0. The van der Waals surface area contributed by atoms with Crippen LogP contribution < -0.4 is 0 Å². The van der Waals surface area contributed by atoms with Gasteiger partial charge in [0.1, 0.15) is 0 Å². The van der Waals surface area contributed by atoms with Gasteiger partial charge in [0.2, 0.25) is 0 Å². The third-order valence-electron chi connectivity index (χ3n) is 11.4.